The predicted molar refractivity (Wildman–Crippen MR) is 265 cm³/mol. The molecule has 0 bridgehead atoms. The molecule has 0 saturated heterocycles. The third kappa shape index (κ3) is 45.2. The third-order valence-corrected chi connectivity index (χ3v) is 11.0. The van der Waals surface area contributed by atoms with E-state index in [-0.39, 0.29) is 19.1 Å². The summed E-state index contributed by atoms with van der Waals surface area (Å²) in [6.45, 7) is 4.52. The van der Waals surface area contributed by atoms with Gasteiger partial charge >= 0.3 is 0 Å². The van der Waals surface area contributed by atoms with Gasteiger partial charge in [0.2, 0.25) is 5.91 Å². The van der Waals surface area contributed by atoms with Crippen molar-refractivity contribution in [2.24, 2.45) is 0 Å². The normalized spacial score (nSPS) is 15.1. The van der Waals surface area contributed by atoms with Crippen molar-refractivity contribution < 1.29 is 32.9 Å². The maximum atomic E-state index is 12.9. The number of phosphoric ester groups is 1. The van der Waals surface area contributed by atoms with E-state index in [1.54, 1.807) is 0 Å². The van der Waals surface area contributed by atoms with Crippen LogP contribution < -0.4 is 10.2 Å². The summed E-state index contributed by atoms with van der Waals surface area (Å²) in [6.07, 6.45) is 62.6. The first kappa shape index (κ1) is 59.2. The fourth-order valence-corrected chi connectivity index (χ4v) is 6.93. The Morgan fingerprint density at radius 1 is 0.581 bits per heavy atom. The van der Waals surface area contributed by atoms with Crippen molar-refractivity contribution >= 4 is 13.7 Å². The van der Waals surface area contributed by atoms with Crippen LogP contribution in [0.2, 0.25) is 0 Å². The molecule has 354 valence electrons. The number of phosphoric acid groups is 1. The fraction of sp³-hybridized carbons (Fsp3) is 0.642. The molecule has 0 aromatic carbocycles. The second kappa shape index (κ2) is 43.4. The van der Waals surface area contributed by atoms with Crippen molar-refractivity contribution in [3.05, 3.63) is 109 Å². The van der Waals surface area contributed by atoms with Gasteiger partial charge in [0.1, 0.15) is 13.2 Å². The highest BCUT2D eigenvalue weighted by atomic mass is 31.2. The first-order valence-corrected chi connectivity index (χ1v) is 25.7. The molecule has 0 aromatic heterocycles. The number of unbranched alkanes of at least 4 members (excludes halogenated alkanes) is 11. The van der Waals surface area contributed by atoms with Crippen molar-refractivity contribution in [3.8, 4) is 0 Å². The molecule has 1 amide bonds. The van der Waals surface area contributed by atoms with Gasteiger partial charge < -0.3 is 28.8 Å². The van der Waals surface area contributed by atoms with Gasteiger partial charge in [-0.15, -0.1) is 0 Å². The Morgan fingerprint density at radius 2 is 0.984 bits per heavy atom. The van der Waals surface area contributed by atoms with E-state index in [9.17, 15) is 19.4 Å². The number of hydrogen-bond acceptors (Lipinski definition) is 6. The van der Waals surface area contributed by atoms with Gasteiger partial charge in [0.25, 0.3) is 7.82 Å². The van der Waals surface area contributed by atoms with Gasteiger partial charge in [-0.25, -0.2) is 0 Å². The lowest BCUT2D eigenvalue weighted by Gasteiger charge is -2.30. The predicted octanol–water partition coefficient (Wildman–Crippen LogP) is 13.4. The van der Waals surface area contributed by atoms with E-state index in [0.29, 0.717) is 23.9 Å². The number of carbonyl (C=O) groups is 1. The molecule has 62 heavy (non-hydrogen) atoms. The SMILES string of the molecule is CC/C=C\C/C=C\C/C=C\C/C=C\C/C=C\C/C=C\C/C=C\C/C=C\C/C=C\CCCCCC(=O)NC(COP(=O)([O-])OCC[N+](C)(C)C)C(O)CCCCCCCCCCC. The molecule has 0 aromatic rings. The minimum Gasteiger partial charge on any atom is -0.756 e. The van der Waals surface area contributed by atoms with Crippen LogP contribution in [0.3, 0.4) is 0 Å². The second-order valence-electron chi connectivity index (χ2n) is 17.1. The van der Waals surface area contributed by atoms with E-state index in [4.69, 9.17) is 9.05 Å². The molecule has 0 spiro atoms. The number of allylic oxidation sites excluding steroid dienone is 18. The van der Waals surface area contributed by atoms with Gasteiger partial charge in [0, 0.05) is 6.42 Å². The van der Waals surface area contributed by atoms with E-state index in [1.807, 2.05) is 21.1 Å². The summed E-state index contributed by atoms with van der Waals surface area (Å²) < 4.78 is 23.2. The summed E-state index contributed by atoms with van der Waals surface area (Å²) in [5, 5.41) is 13.8. The highest BCUT2D eigenvalue weighted by Gasteiger charge is 2.24. The molecule has 0 fully saturated rings. The first-order chi connectivity index (χ1) is 30.0. The van der Waals surface area contributed by atoms with Crippen LogP contribution >= 0.6 is 7.82 Å². The molecule has 3 unspecified atom stereocenters. The summed E-state index contributed by atoms with van der Waals surface area (Å²) in [5.74, 6) is -0.205. The van der Waals surface area contributed by atoms with Gasteiger partial charge in [-0.1, -0.05) is 187 Å². The minimum atomic E-state index is -4.58. The zero-order valence-electron chi connectivity index (χ0n) is 40.0. The molecule has 0 radical (unpaired) electrons. The summed E-state index contributed by atoms with van der Waals surface area (Å²) >= 11 is 0. The number of likely N-dealkylation sites (N-methyl/N-ethyl adjacent to an activating group) is 1. The highest BCUT2D eigenvalue weighted by molar-refractivity contribution is 7.45. The van der Waals surface area contributed by atoms with Crippen LogP contribution in [-0.4, -0.2) is 68.5 Å². The Bertz CT molecular complexity index is 1370. The van der Waals surface area contributed by atoms with Gasteiger partial charge in [0.05, 0.1) is 39.9 Å². The van der Waals surface area contributed by atoms with Crippen molar-refractivity contribution in [2.75, 3.05) is 40.9 Å². The topological polar surface area (TPSA) is 108 Å². The number of carbonyl (C=O) groups excluding carboxylic acids is 1. The summed E-state index contributed by atoms with van der Waals surface area (Å²) in [5.41, 5.74) is 0. The number of nitrogens with one attached hydrogen (secondary N) is 1. The van der Waals surface area contributed by atoms with Crippen LogP contribution in [0.4, 0.5) is 0 Å². The maximum absolute atomic E-state index is 12.9. The molecular formula is C53H91N2O6P. The van der Waals surface area contributed by atoms with E-state index >= 15 is 0 Å². The molecule has 0 aliphatic heterocycles. The first-order valence-electron chi connectivity index (χ1n) is 24.2. The number of aliphatic hydroxyl groups is 1. The Kier molecular flexibility index (Phi) is 41.4. The van der Waals surface area contributed by atoms with E-state index < -0.39 is 20.0 Å². The lowest BCUT2D eigenvalue weighted by molar-refractivity contribution is -0.870. The molecule has 2 N–H and O–H groups in total. The van der Waals surface area contributed by atoms with Crippen molar-refractivity contribution in [3.63, 3.8) is 0 Å². The summed E-state index contributed by atoms with van der Waals surface area (Å²) in [7, 11) is 1.26. The van der Waals surface area contributed by atoms with Crippen LogP contribution in [0.5, 0.6) is 0 Å². The summed E-state index contributed by atoms with van der Waals surface area (Å²) in [4.78, 5) is 25.3. The monoisotopic (exact) mass is 883 g/mol. The van der Waals surface area contributed by atoms with E-state index in [0.717, 1.165) is 103 Å². The van der Waals surface area contributed by atoms with E-state index in [1.165, 1.54) is 38.5 Å². The smallest absolute Gasteiger partial charge is 0.268 e. The van der Waals surface area contributed by atoms with Gasteiger partial charge in [-0.05, 0) is 83.5 Å². The Morgan fingerprint density at radius 3 is 1.42 bits per heavy atom. The average molecular weight is 883 g/mol. The second-order valence-corrected chi connectivity index (χ2v) is 18.5. The Hall–Kier alpha value is -2.84. The van der Waals surface area contributed by atoms with Crippen LogP contribution in [0.25, 0.3) is 0 Å². The van der Waals surface area contributed by atoms with E-state index in [2.05, 4.69) is 129 Å². The third-order valence-electron chi connectivity index (χ3n) is 10.0. The van der Waals surface area contributed by atoms with Gasteiger partial charge in [-0.2, -0.15) is 0 Å². The molecular weight excluding hydrogens is 792 g/mol. The Balaban J connectivity index is 4.26. The van der Waals surface area contributed by atoms with Crippen LogP contribution in [0.1, 0.15) is 168 Å². The van der Waals surface area contributed by atoms with Crippen LogP contribution in [0.15, 0.2) is 109 Å². The van der Waals surface area contributed by atoms with Crippen molar-refractivity contribution in [1.82, 2.24) is 5.32 Å². The summed E-state index contributed by atoms with van der Waals surface area (Å²) in [6, 6.07) is -0.824. The molecule has 0 saturated carbocycles. The van der Waals surface area contributed by atoms with Gasteiger partial charge in [-0.3, -0.25) is 9.36 Å². The molecule has 8 nitrogen and oxygen atoms in total. The fourth-order valence-electron chi connectivity index (χ4n) is 6.21. The zero-order chi connectivity index (χ0) is 45.7. The maximum Gasteiger partial charge on any atom is 0.268 e. The van der Waals surface area contributed by atoms with Gasteiger partial charge in [0.15, 0.2) is 0 Å². The van der Waals surface area contributed by atoms with Crippen LogP contribution in [-0.2, 0) is 18.4 Å². The quantitative estimate of drug-likeness (QED) is 0.0274. The standard InChI is InChI=1S/C53H91N2O6P/c1-6-8-10-12-14-16-17-18-19-20-21-22-23-24-25-26-27-28-29-30-31-32-33-34-35-36-37-39-41-43-45-47-53(57)54-51(50-61-62(58,59)60-49-48-55(3,4)5)52(56)46-44-42-40-38-15-13-11-9-7-2/h8,10,14,16,18-19,21-22,24-25,27-28,30-31,33-34,36-37,51-52,56H,6-7,9,11-13,15,17,20,23,26,29,32,35,38-50H2,1-5H3,(H-,54,57,58,59)/b10-8-,16-14-,19-18-,22-21-,25-24-,28-27-,31-30-,34-33-,37-36-. The molecule has 0 aliphatic rings. The minimum absolute atomic E-state index is 0.00136. The highest BCUT2D eigenvalue weighted by Crippen LogP contribution is 2.38. The lowest BCUT2D eigenvalue weighted by Crippen LogP contribution is -2.46. The number of amides is 1. The van der Waals surface area contributed by atoms with Crippen LogP contribution in [0, 0.1) is 0 Å². The number of hydrogen-bond donors (Lipinski definition) is 2. The average Bonchev–Trinajstić information content (AvgIpc) is 3.23. The Labute approximate surface area is 381 Å². The number of rotatable bonds is 42. The molecule has 0 heterocycles. The molecule has 0 rings (SSSR count). The molecule has 9 heteroatoms. The molecule has 3 atom stereocenters. The number of nitrogens with zero attached hydrogens (tertiary/aromatic N) is 1. The van der Waals surface area contributed by atoms with Crippen molar-refractivity contribution in [1.29, 1.82) is 0 Å². The van der Waals surface area contributed by atoms with Crippen molar-refractivity contribution in [2.45, 2.75) is 180 Å². The lowest BCUT2D eigenvalue weighted by atomic mass is 10.0. The zero-order valence-corrected chi connectivity index (χ0v) is 40.9. The molecule has 0 aliphatic carbocycles. The number of aliphatic hydroxyl groups excluding tert-OH is 1. The number of quaternary nitrogens is 1. The largest absolute Gasteiger partial charge is 0.756 e.